The van der Waals surface area contributed by atoms with Gasteiger partial charge in [-0.3, -0.25) is 0 Å². The maximum atomic E-state index is 2.40. The van der Waals surface area contributed by atoms with Crippen molar-refractivity contribution in [3.63, 3.8) is 0 Å². The van der Waals surface area contributed by atoms with Crippen LogP contribution < -0.4 is 0 Å². The second-order valence-corrected chi connectivity index (χ2v) is 5.48. The summed E-state index contributed by atoms with van der Waals surface area (Å²) < 4.78 is 1.56. The predicted molar refractivity (Wildman–Crippen MR) is 28.2 cm³/mol. The van der Waals surface area contributed by atoms with Crippen molar-refractivity contribution in [3.8, 4) is 0 Å². The van der Waals surface area contributed by atoms with Crippen molar-refractivity contribution in [2.75, 3.05) is 0 Å². The van der Waals surface area contributed by atoms with Crippen LogP contribution in [0.1, 0.15) is 0 Å². The summed E-state index contributed by atoms with van der Waals surface area (Å²) in [6.45, 7) is 5.58. The van der Waals surface area contributed by atoms with Crippen LogP contribution in [0.25, 0.3) is 0 Å². The molecule has 0 rings (SSSR count). The van der Waals surface area contributed by atoms with Gasteiger partial charge in [-0.2, -0.15) is 0 Å². The molecule has 35 valence electrons. The monoisotopic (exact) mass is 251 g/mol. The summed E-state index contributed by atoms with van der Waals surface area (Å²) in [4.78, 5) is 0. The summed E-state index contributed by atoms with van der Waals surface area (Å²) >= 11 is 0.0772. The zero-order valence-corrected chi connectivity index (χ0v) is 7.95. The van der Waals surface area contributed by atoms with Gasteiger partial charge in [0, 0.05) is 0 Å². The Balaban J connectivity index is 2.63. The summed E-state index contributed by atoms with van der Waals surface area (Å²) in [6, 6.07) is 0. The molecule has 6 heavy (non-hydrogen) atoms. The third-order valence-corrected chi connectivity index (χ3v) is 4.48. The average molecular weight is 251 g/mol. The molecule has 0 fully saturated rings. The molecular weight excluding hydrogens is 240 g/mol. The van der Waals surface area contributed by atoms with Crippen LogP contribution in [0.4, 0.5) is 0 Å². The van der Waals surface area contributed by atoms with Gasteiger partial charge in [-0.25, -0.2) is 0 Å². The Kier molecular flexibility index (Phi) is 4.51. The van der Waals surface area contributed by atoms with Gasteiger partial charge in [0.05, 0.1) is 0 Å². The normalized spacial score (nSPS) is 7.83. The van der Waals surface area contributed by atoms with E-state index in [2.05, 4.69) is 18.8 Å². The van der Waals surface area contributed by atoms with Gasteiger partial charge in [-0.05, 0) is 0 Å². The molecule has 2 heteroatoms. The SMILES string of the molecule is [CH3][Ta][CH2]B(C)C. The first-order valence-electron chi connectivity index (χ1n) is 2.33. The number of hydrogen-bond acceptors (Lipinski definition) is 0. The first-order valence-corrected chi connectivity index (χ1v) is 7.81. The van der Waals surface area contributed by atoms with Crippen LogP contribution in [0.2, 0.25) is 23.3 Å². The summed E-state index contributed by atoms with van der Waals surface area (Å²) in [7, 11) is 0. The third-order valence-electron chi connectivity index (χ3n) is 0.548. The minimum atomic E-state index is 0.0772. The first kappa shape index (κ1) is 6.81. The van der Waals surface area contributed by atoms with Crippen molar-refractivity contribution in [1.82, 2.24) is 0 Å². The van der Waals surface area contributed by atoms with Gasteiger partial charge in [-0.1, -0.05) is 0 Å². The van der Waals surface area contributed by atoms with Crippen LogP contribution in [0.15, 0.2) is 0 Å². The van der Waals surface area contributed by atoms with Crippen molar-refractivity contribution in [1.29, 1.82) is 0 Å². The van der Waals surface area contributed by atoms with Gasteiger partial charge >= 0.3 is 49.8 Å². The Morgan fingerprint density at radius 1 is 1.50 bits per heavy atom. The van der Waals surface area contributed by atoms with E-state index in [1.165, 1.54) is 0 Å². The number of hydrogen-bond donors (Lipinski definition) is 0. The topological polar surface area (TPSA) is 0 Å². The van der Waals surface area contributed by atoms with E-state index in [0.717, 1.165) is 6.71 Å². The van der Waals surface area contributed by atoms with E-state index >= 15 is 0 Å². The molecule has 0 aromatic heterocycles. The first-order chi connectivity index (χ1) is 2.77. The van der Waals surface area contributed by atoms with Crippen LogP contribution in [-0.2, 0) is 19.8 Å². The van der Waals surface area contributed by atoms with Crippen molar-refractivity contribution >= 4 is 6.71 Å². The molecule has 0 saturated carbocycles. The van der Waals surface area contributed by atoms with Gasteiger partial charge in [0.15, 0.2) is 0 Å². The van der Waals surface area contributed by atoms with E-state index < -0.39 is 0 Å². The van der Waals surface area contributed by atoms with Gasteiger partial charge in [0.2, 0.25) is 0 Å². The molecule has 0 aromatic rings. The minimum absolute atomic E-state index is 0.0772. The molecule has 0 saturated heterocycles. The van der Waals surface area contributed by atoms with E-state index in [-0.39, 0.29) is 19.8 Å². The zero-order valence-electron chi connectivity index (χ0n) is 4.73. The molecule has 0 spiro atoms. The summed E-state index contributed by atoms with van der Waals surface area (Å²) in [5.41, 5.74) is 0. The van der Waals surface area contributed by atoms with Crippen LogP contribution in [0.5, 0.6) is 0 Å². The Labute approximate surface area is 50.1 Å². The molecule has 0 N–H and O–H groups in total. The van der Waals surface area contributed by atoms with Crippen LogP contribution in [-0.4, -0.2) is 6.71 Å². The molecule has 0 radical (unpaired) electrons. The average Bonchev–Trinajstić information content (AvgIpc) is 1.35. The molecule has 0 unspecified atom stereocenters. The summed E-state index contributed by atoms with van der Waals surface area (Å²) in [6.07, 6.45) is 0. The molecule has 0 aliphatic rings. The van der Waals surface area contributed by atoms with E-state index in [1.54, 1.807) is 4.54 Å². The Morgan fingerprint density at radius 3 is 2.00 bits per heavy atom. The summed E-state index contributed by atoms with van der Waals surface area (Å²) in [5, 5.41) is 2.40. The van der Waals surface area contributed by atoms with E-state index in [9.17, 15) is 0 Å². The molecule has 0 bridgehead atoms. The quantitative estimate of drug-likeness (QED) is 0.656. The van der Waals surface area contributed by atoms with Crippen LogP contribution in [0.3, 0.4) is 0 Å². The molecule has 0 amide bonds. The number of rotatable bonds is 2. The fraction of sp³-hybridized carbons (Fsp3) is 1.00. The maximum absolute atomic E-state index is 2.40. The molecule has 0 nitrogen and oxygen atoms in total. The van der Waals surface area contributed by atoms with Crippen molar-refractivity contribution < 1.29 is 19.8 Å². The molecular formula is C4H11BTa. The van der Waals surface area contributed by atoms with Gasteiger partial charge in [0.1, 0.15) is 0 Å². The third kappa shape index (κ3) is 4.81. The van der Waals surface area contributed by atoms with Crippen LogP contribution in [0, 0.1) is 0 Å². The molecule has 0 atom stereocenters. The Bertz CT molecular complexity index is 28.7. The standard InChI is InChI=1S/C3H8B.CH3.Ta/c1-4(2)3;;/h1H2,2-3H3;1H3;. The van der Waals surface area contributed by atoms with E-state index in [1.807, 2.05) is 0 Å². The predicted octanol–water partition coefficient (Wildman–Crippen LogP) is 1.83. The molecule has 0 aliphatic heterocycles. The fourth-order valence-corrected chi connectivity index (χ4v) is 2.99. The Morgan fingerprint density at radius 2 is 2.00 bits per heavy atom. The van der Waals surface area contributed by atoms with E-state index in [0.29, 0.717) is 0 Å². The zero-order chi connectivity index (χ0) is 4.99. The fourth-order valence-electron chi connectivity index (χ4n) is 0.365. The van der Waals surface area contributed by atoms with Gasteiger partial charge < -0.3 is 0 Å². The van der Waals surface area contributed by atoms with Crippen molar-refractivity contribution in [2.24, 2.45) is 0 Å². The second kappa shape index (κ2) is 3.98. The Hall–Kier alpha value is 0.805. The molecule has 0 aromatic carbocycles. The van der Waals surface area contributed by atoms with Crippen molar-refractivity contribution in [2.45, 2.75) is 23.3 Å². The second-order valence-electron chi connectivity index (χ2n) is 1.89. The summed E-state index contributed by atoms with van der Waals surface area (Å²) in [5.74, 6) is 0. The van der Waals surface area contributed by atoms with Crippen LogP contribution >= 0.6 is 0 Å². The molecule has 0 heterocycles. The van der Waals surface area contributed by atoms with Crippen molar-refractivity contribution in [3.05, 3.63) is 0 Å². The van der Waals surface area contributed by atoms with E-state index in [4.69, 9.17) is 0 Å². The van der Waals surface area contributed by atoms with Gasteiger partial charge in [0.25, 0.3) is 0 Å². The van der Waals surface area contributed by atoms with Gasteiger partial charge in [-0.15, -0.1) is 0 Å². The molecule has 0 aliphatic carbocycles.